The number of aryl methyl sites for hydroxylation is 1. The minimum absolute atomic E-state index is 0.0810. The van der Waals surface area contributed by atoms with Gasteiger partial charge < -0.3 is 19.4 Å². The third-order valence-corrected chi connectivity index (χ3v) is 3.77. The van der Waals surface area contributed by atoms with Crippen LogP contribution in [0.25, 0.3) is 0 Å². The van der Waals surface area contributed by atoms with Crippen LogP contribution in [0, 0.1) is 6.92 Å². The van der Waals surface area contributed by atoms with Gasteiger partial charge in [0.25, 0.3) is 0 Å². The largest absolute Gasteiger partial charge is 0.493 e. The highest BCUT2D eigenvalue weighted by atomic mass is 16.5. The molecule has 0 spiro atoms. The maximum absolute atomic E-state index is 12.3. The molecule has 1 aromatic heterocycles. The zero-order valence-electron chi connectivity index (χ0n) is 13.2. The Morgan fingerprint density at radius 3 is 3.00 bits per heavy atom. The average molecular weight is 315 g/mol. The number of hydrogen-bond acceptors (Lipinski definition) is 4. The summed E-state index contributed by atoms with van der Waals surface area (Å²) in [7, 11) is 0. The van der Waals surface area contributed by atoms with E-state index in [1.54, 1.807) is 6.20 Å². The van der Waals surface area contributed by atoms with Gasteiger partial charge >= 0.3 is 0 Å². The topological polar surface area (TPSA) is 67.5 Å². The van der Waals surface area contributed by atoms with E-state index in [9.17, 15) is 4.79 Å². The second-order valence-electron chi connectivity index (χ2n) is 5.56. The van der Waals surface area contributed by atoms with Crippen molar-refractivity contribution in [3.63, 3.8) is 0 Å². The van der Waals surface area contributed by atoms with Gasteiger partial charge in [0, 0.05) is 18.4 Å². The van der Waals surface area contributed by atoms with Crippen LogP contribution >= 0.6 is 0 Å². The van der Waals surface area contributed by atoms with Crippen LogP contribution in [-0.2, 0) is 9.53 Å². The van der Waals surface area contributed by atoms with Crippen molar-refractivity contribution >= 4 is 5.91 Å². The molecule has 122 valence electrons. The number of carbonyl (C=O) groups excluding carboxylic acids is 1. The smallest absolute Gasteiger partial charge is 0.226 e. The van der Waals surface area contributed by atoms with E-state index >= 15 is 0 Å². The first-order valence-corrected chi connectivity index (χ1v) is 7.81. The van der Waals surface area contributed by atoms with Crippen LogP contribution < -0.4 is 4.74 Å². The summed E-state index contributed by atoms with van der Waals surface area (Å²) in [5.41, 5.74) is 0.989. The van der Waals surface area contributed by atoms with Crippen LogP contribution in [0.1, 0.15) is 24.0 Å². The summed E-state index contributed by atoms with van der Waals surface area (Å²) in [5.74, 6) is 1.64. The molecule has 6 heteroatoms. The van der Waals surface area contributed by atoms with E-state index in [1.807, 2.05) is 42.2 Å². The van der Waals surface area contributed by atoms with Gasteiger partial charge in [-0.2, -0.15) is 0 Å². The van der Waals surface area contributed by atoms with Crippen molar-refractivity contribution in [3.8, 4) is 5.75 Å². The minimum Gasteiger partial charge on any atom is -0.493 e. The van der Waals surface area contributed by atoms with Crippen molar-refractivity contribution in [2.24, 2.45) is 0 Å². The van der Waals surface area contributed by atoms with Crippen molar-refractivity contribution in [3.05, 3.63) is 48.0 Å². The standard InChI is InChI=1S/C17H21N3O3/c1-13-11-18-17(19-13)15-12-20(8-10-23-15)16(21)7-9-22-14-5-3-2-4-6-14/h2-6,11,15H,7-10,12H2,1H3,(H,18,19). The molecule has 23 heavy (non-hydrogen) atoms. The Labute approximate surface area is 135 Å². The van der Waals surface area contributed by atoms with E-state index in [4.69, 9.17) is 9.47 Å². The number of benzene rings is 1. The number of hydrogen-bond donors (Lipinski definition) is 1. The number of H-pyrrole nitrogens is 1. The van der Waals surface area contributed by atoms with Gasteiger partial charge in [0.15, 0.2) is 0 Å². The van der Waals surface area contributed by atoms with Gasteiger partial charge in [-0.05, 0) is 19.1 Å². The molecule has 1 unspecified atom stereocenters. The predicted molar refractivity (Wildman–Crippen MR) is 85.2 cm³/mol. The molecule has 3 rings (SSSR count). The number of nitrogens with zero attached hydrogens (tertiary/aromatic N) is 2. The van der Waals surface area contributed by atoms with Crippen LogP contribution in [0.4, 0.5) is 0 Å². The monoisotopic (exact) mass is 315 g/mol. The minimum atomic E-state index is -0.184. The van der Waals surface area contributed by atoms with E-state index in [-0.39, 0.29) is 12.0 Å². The first-order valence-electron chi connectivity index (χ1n) is 7.81. The molecule has 0 aliphatic carbocycles. The first kappa shape index (κ1) is 15.6. The van der Waals surface area contributed by atoms with E-state index in [0.717, 1.165) is 17.3 Å². The molecule has 1 aliphatic rings. The molecule has 1 aliphatic heterocycles. The average Bonchev–Trinajstić information content (AvgIpc) is 3.02. The van der Waals surface area contributed by atoms with Crippen LogP contribution in [0.3, 0.4) is 0 Å². The fourth-order valence-corrected chi connectivity index (χ4v) is 2.57. The SMILES string of the molecule is Cc1cnc(C2CN(C(=O)CCOc3ccccc3)CCO2)[nH]1. The lowest BCUT2D eigenvalue weighted by Gasteiger charge is -2.32. The fourth-order valence-electron chi connectivity index (χ4n) is 2.57. The normalized spacial score (nSPS) is 18.0. The maximum Gasteiger partial charge on any atom is 0.226 e. The Morgan fingerprint density at radius 1 is 1.43 bits per heavy atom. The molecule has 1 saturated heterocycles. The van der Waals surface area contributed by atoms with Crippen LogP contribution in [-0.4, -0.2) is 47.1 Å². The van der Waals surface area contributed by atoms with E-state index < -0.39 is 0 Å². The molecule has 2 aromatic rings. The lowest BCUT2D eigenvalue weighted by atomic mass is 10.2. The Morgan fingerprint density at radius 2 is 2.26 bits per heavy atom. The van der Waals surface area contributed by atoms with Gasteiger partial charge in [-0.15, -0.1) is 0 Å². The molecule has 2 heterocycles. The van der Waals surface area contributed by atoms with Gasteiger partial charge in [-0.3, -0.25) is 4.79 Å². The van der Waals surface area contributed by atoms with Gasteiger partial charge in [0.1, 0.15) is 17.7 Å². The molecule has 0 saturated carbocycles. The lowest BCUT2D eigenvalue weighted by molar-refractivity contribution is -0.139. The van der Waals surface area contributed by atoms with E-state index in [2.05, 4.69) is 9.97 Å². The van der Waals surface area contributed by atoms with Crippen molar-refractivity contribution < 1.29 is 14.3 Å². The quantitative estimate of drug-likeness (QED) is 0.917. The molecule has 0 radical (unpaired) electrons. The second kappa shape index (κ2) is 7.28. The van der Waals surface area contributed by atoms with Gasteiger partial charge in [-0.25, -0.2) is 4.98 Å². The van der Waals surface area contributed by atoms with Gasteiger partial charge in [0.05, 0.1) is 26.2 Å². The summed E-state index contributed by atoms with van der Waals surface area (Å²) in [4.78, 5) is 21.6. The number of rotatable bonds is 5. The molecule has 1 aromatic carbocycles. The maximum atomic E-state index is 12.3. The third kappa shape index (κ3) is 4.10. The molecule has 1 fully saturated rings. The molecule has 1 N–H and O–H groups in total. The summed E-state index contributed by atoms with van der Waals surface area (Å²) in [6, 6.07) is 9.52. The van der Waals surface area contributed by atoms with Crippen LogP contribution in [0.2, 0.25) is 0 Å². The number of amides is 1. The number of nitrogens with one attached hydrogen (secondary N) is 1. The highest BCUT2D eigenvalue weighted by Gasteiger charge is 2.26. The number of morpholine rings is 1. The molecular weight excluding hydrogens is 294 g/mol. The lowest BCUT2D eigenvalue weighted by Crippen LogP contribution is -2.42. The zero-order valence-corrected chi connectivity index (χ0v) is 13.2. The second-order valence-corrected chi connectivity index (χ2v) is 5.56. The summed E-state index contributed by atoms with van der Waals surface area (Å²) in [5, 5.41) is 0. The van der Waals surface area contributed by atoms with E-state index in [1.165, 1.54) is 0 Å². The molecular formula is C17H21N3O3. The highest BCUT2D eigenvalue weighted by molar-refractivity contribution is 5.76. The molecule has 1 atom stereocenters. The number of aromatic amines is 1. The van der Waals surface area contributed by atoms with Crippen molar-refractivity contribution in [1.82, 2.24) is 14.9 Å². The molecule has 1 amide bonds. The van der Waals surface area contributed by atoms with Crippen molar-refractivity contribution in [2.75, 3.05) is 26.3 Å². The predicted octanol–water partition coefficient (Wildman–Crippen LogP) is 2.09. The number of aromatic nitrogens is 2. The highest BCUT2D eigenvalue weighted by Crippen LogP contribution is 2.20. The summed E-state index contributed by atoms with van der Waals surface area (Å²) in [6.07, 6.45) is 1.95. The Kier molecular flexibility index (Phi) is 4.92. The fraction of sp³-hybridized carbons (Fsp3) is 0.412. The Balaban J connectivity index is 1.49. The van der Waals surface area contributed by atoms with Crippen molar-refractivity contribution in [1.29, 1.82) is 0 Å². The summed E-state index contributed by atoms with van der Waals surface area (Å²) >= 11 is 0. The number of para-hydroxylation sites is 1. The number of imidazole rings is 1. The number of ether oxygens (including phenoxy) is 2. The summed E-state index contributed by atoms with van der Waals surface area (Å²) in [6.45, 7) is 3.99. The molecule has 0 bridgehead atoms. The zero-order chi connectivity index (χ0) is 16.1. The molecule has 6 nitrogen and oxygen atoms in total. The summed E-state index contributed by atoms with van der Waals surface area (Å²) < 4.78 is 11.3. The first-order chi connectivity index (χ1) is 11.2. The van der Waals surface area contributed by atoms with Crippen molar-refractivity contribution in [2.45, 2.75) is 19.4 Å². The third-order valence-electron chi connectivity index (χ3n) is 3.77. The Bertz CT molecular complexity index is 642. The van der Waals surface area contributed by atoms with Crippen LogP contribution in [0.15, 0.2) is 36.5 Å². The van der Waals surface area contributed by atoms with E-state index in [0.29, 0.717) is 32.7 Å². The van der Waals surface area contributed by atoms with Crippen LogP contribution in [0.5, 0.6) is 5.75 Å². The number of carbonyl (C=O) groups is 1. The van der Waals surface area contributed by atoms with Gasteiger partial charge in [0.2, 0.25) is 5.91 Å². The van der Waals surface area contributed by atoms with Gasteiger partial charge in [-0.1, -0.05) is 18.2 Å². The Hall–Kier alpha value is -2.34.